The monoisotopic (exact) mass is 332 g/mol. The van der Waals surface area contributed by atoms with E-state index in [1.165, 1.54) is 11.3 Å². The molecule has 6 nitrogen and oxygen atoms in total. The summed E-state index contributed by atoms with van der Waals surface area (Å²) in [6, 6.07) is 12.3. The van der Waals surface area contributed by atoms with Crippen LogP contribution in [0.3, 0.4) is 0 Å². The molecule has 0 aliphatic carbocycles. The van der Waals surface area contributed by atoms with Gasteiger partial charge in [0.15, 0.2) is 0 Å². The molecular weight excluding hydrogens is 312 g/mol. The summed E-state index contributed by atoms with van der Waals surface area (Å²) >= 11 is 1.26. The minimum atomic E-state index is -0.333. The molecule has 1 heterocycles. The number of anilines is 2. The van der Waals surface area contributed by atoms with Crippen LogP contribution in [0, 0.1) is 0 Å². The van der Waals surface area contributed by atoms with E-state index >= 15 is 0 Å². The second-order valence-electron chi connectivity index (χ2n) is 4.94. The molecule has 0 fully saturated rings. The summed E-state index contributed by atoms with van der Waals surface area (Å²) in [6.07, 6.45) is 0. The Labute approximate surface area is 139 Å². The van der Waals surface area contributed by atoms with Crippen molar-refractivity contribution in [1.82, 2.24) is 10.2 Å². The molecule has 1 aromatic heterocycles. The maximum absolute atomic E-state index is 12.2. The Morgan fingerprint density at radius 2 is 1.83 bits per heavy atom. The number of carbonyl (C=O) groups excluding carboxylic acids is 2. The third kappa shape index (κ3) is 5.08. The molecule has 0 radical (unpaired) electrons. The van der Waals surface area contributed by atoms with Crippen molar-refractivity contribution in [2.45, 2.75) is 0 Å². The zero-order valence-electron chi connectivity index (χ0n) is 13.1. The highest BCUT2D eigenvalue weighted by atomic mass is 32.1. The number of likely N-dealkylation sites (N-methyl/N-ethyl adjacent to an activating group) is 2. The number of thiophene rings is 1. The fourth-order valence-electron chi connectivity index (χ4n) is 1.88. The van der Waals surface area contributed by atoms with Gasteiger partial charge >= 0.3 is 6.03 Å². The van der Waals surface area contributed by atoms with Crippen molar-refractivity contribution in [3.05, 3.63) is 47.3 Å². The first-order chi connectivity index (χ1) is 11.1. The largest absolute Gasteiger partial charge is 0.340 e. The first-order valence-corrected chi connectivity index (χ1v) is 8.04. The van der Waals surface area contributed by atoms with Crippen LogP contribution in [0.4, 0.5) is 15.5 Å². The van der Waals surface area contributed by atoms with Crippen LogP contribution in [-0.2, 0) is 0 Å². The Balaban J connectivity index is 1.91. The third-order valence-corrected chi connectivity index (χ3v) is 4.12. The zero-order chi connectivity index (χ0) is 16.7. The smallest absolute Gasteiger partial charge is 0.324 e. The van der Waals surface area contributed by atoms with Crippen LogP contribution in [0.5, 0.6) is 0 Å². The number of rotatable bonds is 6. The van der Waals surface area contributed by atoms with Crippen molar-refractivity contribution >= 4 is 34.0 Å². The molecule has 7 heteroatoms. The molecule has 1 aromatic carbocycles. The Kier molecular flexibility index (Phi) is 6.13. The molecule has 3 N–H and O–H groups in total. The van der Waals surface area contributed by atoms with Crippen molar-refractivity contribution in [3.63, 3.8) is 0 Å². The number of nitrogens with one attached hydrogen (secondary N) is 3. The van der Waals surface area contributed by atoms with Crippen molar-refractivity contribution < 1.29 is 9.59 Å². The summed E-state index contributed by atoms with van der Waals surface area (Å²) in [5.74, 6) is -0.0539. The van der Waals surface area contributed by atoms with E-state index in [1.54, 1.807) is 36.2 Å². The maximum Gasteiger partial charge on any atom is 0.324 e. The summed E-state index contributed by atoms with van der Waals surface area (Å²) in [5, 5.41) is 9.10. The van der Waals surface area contributed by atoms with Crippen molar-refractivity contribution in [2.24, 2.45) is 0 Å². The van der Waals surface area contributed by atoms with E-state index in [9.17, 15) is 9.59 Å². The Morgan fingerprint density at radius 1 is 1.09 bits per heavy atom. The van der Waals surface area contributed by atoms with Gasteiger partial charge in [0.05, 0.1) is 9.88 Å². The lowest BCUT2D eigenvalue weighted by molar-refractivity contribution is 0.0801. The lowest BCUT2D eigenvalue weighted by Crippen LogP contribution is -2.32. The van der Waals surface area contributed by atoms with E-state index < -0.39 is 0 Å². The zero-order valence-corrected chi connectivity index (χ0v) is 13.9. The van der Waals surface area contributed by atoms with Crippen LogP contribution in [-0.4, -0.2) is 44.0 Å². The highest BCUT2D eigenvalue weighted by Crippen LogP contribution is 2.23. The highest BCUT2D eigenvalue weighted by molar-refractivity contribution is 7.18. The topological polar surface area (TPSA) is 73.5 Å². The number of carbonyl (C=O) groups is 2. The molecule has 0 spiro atoms. The van der Waals surface area contributed by atoms with Crippen LogP contribution in [0.1, 0.15) is 9.67 Å². The molecule has 0 atom stereocenters. The lowest BCUT2D eigenvalue weighted by atomic mass is 10.3. The van der Waals surface area contributed by atoms with Crippen LogP contribution in [0.25, 0.3) is 0 Å². The molecule has 0 aliphatic heterocycles. The Hall–Kier alpha value is -2.38. The summed E-state index contributed by atoms with van der Waals surface area (Å²) in [4.78, 5) is 26.4. The van der Waals surface area contributed by atoms with Gasteiger partial charge in [0.1, 0.15) is 0 Å². The van der Waals surface area contributed by atoms with Gasteiger partial charge in [0, 0.05) is 25.8 Å². The fourth-order valence-corrected chi connectivity index (χ4v) is 2.78. The minimum absolute atomic E-state index is 0.0539. The van der Waals surface area contributed by atoms with Crippen molar-refractivity contribution in [3.8, 4) is 0 Å². The molecule has 23 heavy (non-hydrogen) atoms. The van der Waals surface area contributed by atoms with Crippen LogP contribution >= 0.6 is 11.3 Å². The second kappa shape index (κ2) is 8.30. The summed E-state index contributed by atoms with van der Waals surface area (Å²) in [5.41, 5.74) is 0.713. The molecule has 0 aliphatic rings. The van der Waals surface area contributed by atoms with Gasteiger partial charge in [0.2, 0.25) is 0 Å². The fraction of sp³-hybridized carbons (Fsp3) is 0.250. The Bertz CT molecular complexity index is 657. The quantitative estimate of drug-likeness (QED) is 0.761. The van der Waals surface area contributed by atoms with Gasteiger partial charge < -0.3 is 15.5 Å². The molecule has 0 saturated heterocycles. The average molecular weight is 332 g/mol. The number of hydrogen-bond acceptors (Lipinski definition) is 4. The molecule has 0 bridgehead atoms. The average Bonchev–Trinajstić information content (AvgIpc) is 3.01. The second-order valence-corrected chi connectivity index (χ2v) is 6.02. The number of nitrogens with zero attached hydrogens (tertiary/aromatic N) is 1. The van der Waals surface area contributed by atoms with Gasteiger partial charge in [-0.15, -0.1) is 11.3 Å². The molecule has 3 amide bonds. The van der Waals surface area contributed by atoms with E-state index in [0.717, 1.165) is 6.54 Å². The van der Waals surface area contributed by atoms with Crippen molar-refractivity contribution in [1.29, 1.82) is 0 Å². The van der Waals surface area contributed by atoms with Crippen LogP contribution in [0.2, 0.25) is 0 Å². The van der Waals surface area contributed by atoms with Crippen LogP contribution in [0.15, 0.2) is 42.5 Å². The lowest BCUT2D eigenvalue weighted by Gasteiger charge is -2.15. The van der Waals surface area contributed by atoms with Crippen LogP contribution < -0.4 is 16.0 Å². The Morgan fingerprint density at radius 3 is 2.52 bits per heavy atom. The van der Waals surface area contributed by atoms with Gasteiger partial charge in [-0.05, 0) is 31.3 Å². The maximum atomic E-state index is 12.2. The number of urea groups is 1. The normalized spacial score (nSPS) is 10.2. The molecule has 0 saturated carbocycles. The van der Waals surface area contributed by atoms with Crippen molar-refractivity contribution in [2.75, 3.05) is 37.8 Å². The van der Waals surface area contributed by atoms with Gasteiger partial charge in [-0.25, -0.2) is 4.79 Å². The van der Waals surface area contributed by atoms with Gasteiger partial charge in [-0.1, -0.05) is 18.2 Å². The SMILES string of the molecule is CNCCN(C)C(=O)c1ccc(NC(=O)Nc2ccccc2)s1. The van der Waals surface area contributed by atoms with E-state index in [4.69, 9.17) is 0 Å². The predicted octanol–water partition coefficient (Wildman–Crippen LogP) is 2.68. The summed E-state index contributed by atoms with van der Waals surface area (Å²) in [7, 11) is 3.60. The highest BCUT2D eigenvalue weighted by Gasteiger charge is 2.14. The standard InChI is InChI=1S/C16H20N4O2S/c1-17-10-11-20(2)15(21)13-8-9-14(23-13)19-16(22)18-12-6-4-3-5-7-12/h3-9,17H,10-11H2,1-2H3,(H2,18,19,22). The molecule has 2 rings (SSSR count). The van der Waals surface area contributed by atoms with E-state index in [0.29, 0.717) is 22.1 Å². The molecule has 2 aromatic rings. The predicted molar refractivity (Wildman–Crippen MR) is 94.3 cm³/mol. The van der Waals surface area contributed by atoms with Gasteiger partial charge in [-0.2, -0.15) is 0 Å². The summed E-state index contributed by atoms with van der Waals surface area (Å²) in [6.45, 7) is 1.36. The van der Waals surface area contributed by atoms with E-state index in [1.807, 2.05) is 25.2 Å². The number of amides is 3. The van der Waals surface area contributed by atoms with Gasteiger partial charge in [0.25, 0.3) is 5.91 Å². The number of para-hydroxylation sites is 1. The molecule has 122 valence electrons. The number of benzene rings is 1. The number of hydrogen-bond donors (Lipinski definition) is 3. The van der Waals surface area contributed by atoms with E-state index in [2.05, 4.69) is 16.0 Å². The van der Waals surface area contributed by atoms with Gasteiger partial charge in [-0.3, -0.25) is 10.1 Å². The van der Waals surface area contributed by atoms with E-state index in [-0.39, 0.29) is 11.9 Å². The first kappa shape index (κ1) is 17.0. The molecular formula is C16H20N4O2S. The third-order valence-electron chi connectivity index (χ3n) is 3.13. The summed E-state index contributed by atoms with van der Waals surface area (Å²) < 4.78 is 0. The molecule has 0 unspecified atom stereocenters. The minimum Gasteiger partial charge on any atom is -0.340 e. The first-order valence-electron chi connectivity index (χ1n) is 7.23.